The lowest BCUT2D eigenvalue weighted by molar-refractivity contribution is -0.161. The second-order valence-electron chi connectivity index (χ2n) is 28.2. The van der Waals surface area contributed by atoms with E-state index in [4.69, 9.17) is 37.0 Å². The maximum atomic E-state index is 13.1. The van der Waals surface area contributed by atoms with E-state index in [9.17, 15) is 43.2 Å². The molecule has 5 atom stereocenters. The van der Waals surface area contributed by atoms with E-state index < -0.39 is 97.5 Å². The van der Waals surface area contributed by atoms with Crippen LogP contribution in [0.4, 0.5) is 0 Å². The van der Waals surface area contributed by atoms with Gasteiger partial charge in [0.05, 0.1) is 26.4 Å². The number of esters is 4. The van der Waals surface area contributed by atoms with E-state index in [0.717, 1.165) is 95.8 Å². The van der Waals surface area contributed by atoms with Gasteiger partial charge in [0.2, 0.25) is 0 Å². The molecule has 0 spiro atoms. The molecule has 2 unspecified atom stereocenters. The van der Waals surface area contributed by atoms with Crippen molar-refractivity contribution < 1.29 is 80.2 Å². The third-order valence-corrected chi connectivity index (χ3v) is 19.9. The standard InChI is InChI=1S/C77H150O17P2/c1-6-9-12-15-18-21-23-25-27-28-29-30-32-34-36-42-47-52-57-62-76(81)93-73(67-88-75(80)61-56-51-46-41-35-33-31-26-24-22-19-16-13-10-7-2)69-92-96(85,86)90-65-71(78)64-89-95(83,84)91-68-72(66-87-74(79)60-55-50-45-39-20-17-14-11-8-3)94-77(82)63-58-53-48-43-38-37-40-44-49-54-59-70(4)5/h70-73,78H,6-69H2,1-5H3,(H,83,84)(H,85,86)/t71-,72+,73+/m0/s1. The highest BCUT2D eigenvalue weighted by Gasteiger charge is 2.30. The molecule has 0 aliphatic carbocycles. The minimum atomic E-state index is -4.96. The van der Waals surface area contributed by atoms with Gasteiger partial charge in [-0.3, -0.25) is 37.3 Å². The Kier molecular flexibility index (Phi) is 68.7. The first-order valence-corrected chi connectivity index (χ1v) is 43.1. The first kappa shape index (κ1) is 94.1. The van der Waals surface area contributed by atoms with E-state index in [-0.39, 0.29) is 25.7 Å². The number of hydrogen-bond acceptors (Lipinski definition) is 15. The SMILES string of the molecule is CCCCCCCCCCCCCCCCCCCCCC(=O)O[C@H](COC(=O)CCCCCCCCCCCCCCCCC)COP(=O)(O)OC[C@@H](O)COP(=O)(O)OC[C@@H](COC(=O)CCCCCCCCCCC)OC(=O)CCCCCCCCCCCCC(C)C. The zero-order chi connectivity index (χ0) is 70.5. The van der Waals surface area contributed by atoms with Gasteiger partial charge in [-0.05, 0) is 31.6 Å². The van der Waals surface area contributed by atoms with E-state index >= 15 is 0 Å². The Hall–Kier alpha value is -1.94. The van der Waals surface area contributed by atoms with Gasteiger partial charge in [-0.1, -0.05) is 356 Å². The number of phosphoric ester groups is 2. The maximum Gasteiger partial charge on any atom is 0.472 e. The van der Waals surface area contributed by atoms with Gasteiger partial charge in [-0.25, -0.2) is 9.13 Å². The molecule has 0 aromatic heterocycles. The van der Waals surface area contributed by atoms with Crippen LogP contribution in [-0.2, 0) is 65.4 Å². The van der Waals surface area contributed by atoms with Crippen LogP contribution in [0.1, 0.15) is 407 Å². The van der Waals surface area contributed by atoms with Crippen molar-refractivity contribution in [2.45, 2.75) is 425 Å². The summed E-state index contributed by atoms with van der Waals surface area (Å²) in [5.74, 6) is -1.36. The Bertz CT molecular complexity index is 1840. The number of aliphatic hydroxyl groups is 1. The zero-order valence-electron chi connectivity index (χ0n) is 62.5. The topological polar surface area (TPSA) is 237 Å². The summed E-state index contributed by atoms with van der Waals surface area (Å²) in [5.41, 5.74) is 0. The summed E-state index contributed by atoms with van der Waals surface area (Å²) in [6.45, 7) is 7.28. The maximum absolute atomic E-state index is 13.1. The molecule has 0 amide bonds. The Balaban J connectivity index is 5.22. The fourth-order valence-corrected chi connectivity index (χ4v) is 13.5. The molecule has 570 valence electrons. The van der Waals surface area contributed by atoms with Crippen LogP contribution in [0.5, 0.6) is 0 Å². The molecule has 0 aliphatic rings. The highest BCUT2D eigenvalue weighted by atomic mass is 31.2. The minimum absolute atomic E-state index is 0.106. The Morgan fingerprint density at radius 3 is 0.708 bits per heavy atom. The summed E-state index contributed by atoms with van der Waals surface area (Å²) in [5, 5.41) is 10.6. The third kappa shape index (κ3) is 70.5. The summed E-state index contributed by atoms with van der Waals surface area (Å²) in [6.07, 6.45) is 59.6. The molecule has 96 heavy (non-hydrogen) atoms. The van der Waals surface area contributed by atoms with Gasteiger partial charge in [-0.15, -0.1) is 0 Å². The van der Waals surface area contributed by atoms with Crippen LogP contribution in [-0.4, -0.2) is 96.7 Å². The minimum Gasteiger partial charge on any atom is -0.462 e. The molecule has 0 aliphatic heterocycles. The highest BCUT2D eigenvalue weighted by molar-refractivity contribution is 7.47. The number of carbonyl (C=O) groups is 4. The molecule has 0 saturated heterocycles. The van der Waals surface area contributed by atoms with Crippen LogP contribution < -0.4 is 0 Å². The molecule has 0 aromatic carbocycles. The smallest absolute Gasteiger partial charge is 0.462 e. The summed E-state index contributed by atoms with van der Waals surface area (Å²) in [4.78, 5) is 72.8. The van der Waals surface area contributed by atoms with Crippen molar-refractivity contribution in [2.75, 3.05) is 39.6 Å². The van der Waals surface area contributed by atoms with E-state index in [0.29, 0.717) is 25.7 Å². The monoisotopic (exact) mass is 1410 g/mol. The lowest BCUT2D eigenvalue weighted by atomic mass is 10.0. The quantitative estimate of drug-likeness (QED) is 0.0222. The van der Waals surface area contributed by atoms with Crippen molar-refractivity contribution in [1.29, 1.82) is 0 Å². The fourth-order valence-electron chi connectivity index (χ4n) is 11.9. The van der Waals surface area contributed by atoms with E-state index in [1.165, 1.54) is 231 Å². The molecule has 0 radical (unpaired) electrons. The molecule has 3 N–H and O–H groups in total. The van der Waals surface area contributed by atoms with Gasteiger partial charge < -0.3 is 33.8 Å². The molecule has 0 fully saturated rings. The lowest BCUT2D eigenvalue weighted by Gasteiger charge is -2.21. The van der Waals surface area contributed by atoms with Crippen molar-refractivity contribution >= 4 is 39.5 Å². The van der Waals surface area contributed by atoms with Crippen LogP contribution in [0.2, 0.25) is 0 Å². The van der Waals surface area contributed by atoms with Crippen molar-refractivity contribution in [2.24, 2.45) is 5.92 Å². The number of rotatable bonds is 77. The second kappa shape index (κ2) is 70.1. The normalized spacial score (nSPS) is 13.9. The summed E-state index contributed by atoms with van der Waals surface area (Å²) >= 11 is 0. The van der Waals surface area contributed by atoms with Crippen LogP contribution in [0.3, 0.4) is 0 Å². The van der Waals surface area contributed by atoms with E-state index in [1.54, 1.807) is 0 Å². The first-order valence-electron chi connectivity index (χ1n) is 40.1. The molecular formula is C77H150O17P2. The number of hydrogen-bond donors (Lipinski definition) is 3. The fraction of sp³-hybridized carbons (Fsp3) is 0.948. The molecule has 0 heterocycles. The van der Waals surface area contributed by atoms with Gasteiger partial charge >= 0.3 is 39.5 Å². The number of phosphoric acid groups is 2. The van der Waals surface area contributed by atoms with Crippen molar-refractivity contribution in [1.82, 2.24) is 0 Å². The molecule has 19 heteroatoms. The molecule has 0 aromatic rings. The Morgan fingerprint density at radius 1 is 0.281 bits per heavy atom. The van der Waals surface area contributed by atoms with Crippen LogP contribution in [0.25, 0.3) is 0 Å². The van der Waals surface area contributed by atoms with Gasteiger partial charge in [0.1, 0.15) is 19.3 Å². The molecule has 0 rings (SSSR count). The summed E-state index contributed by atoms with van der Waals surface area (Å²) in [6, 6.07) is 0. The number of carbonyl (C=O) groups excluding carboxylic acids is 4. The summed E-state index contributed by atoms with van der Waals surface area (Å²) in [7, 11) is -9.91. The van der Waals surface area contributed by atoms with E-state index in [2.05, 4.69) is 34.6 Å². The Labute approximate surface area is 588 Å². The van der Waals surface area contributed by atoms with Gasteiger partial charge in [-0.2, -0.15) is 0 Å². The van der Waals surface area contributed by atoms with Crippen LogP contribution >= 0.6 is 15.6 Å². The number of aliphatic hydroxyl groups excluding tert-OH is 1. The van der Waals surface area contributed by atoms with Gasteiger partial charge in [0, 0.05) is 25.7 Å². The lowest BCUT2D eigenvalue weighted by Crippen LogP contribution is -2.30. The average molecular weight is 1410 g/mol. The summed E-state index contributed by atoms with van der Waals surface area (Å²) < 4.78 is 68.5. The van der Waals surface area contributed by atoms with Crippen LogP contribution in [0.15, 0.2) is 0 Å². The largest absolute Gasteiger partial charge is 0.472 e. The van der Waals surface area contributed by atoms with Gasteiger partial charge in [0.25, 0.3) is 0 Å². The number of unbranched alkanes of at least 4 members (excludes halogenated alkanes) is 49. The first-order chi connectivity index (χ1) is 46.5. The molecule has 0 bridgehead atoms. The van der Waals surface area contributed by atoms with Crippen molar-refractivity contribution in [3.05, 3.63) is 0 Å². The van der Waals surface area contributed by atoms with Crippen LogP contribution in [0, 0.1) is 5.92 Å². The molecule has 17 nitrogen and oxygen atoms in total. The second-order valence-corrected chi connectivity index (χ2v) is 31.1. The van der Waals surface area contributed by atoms with Crippen molar-refractivity contribution in [3.8, 4) is 0 Å². The van der Waals surface area contributed by atoms with Gasteiger partial charge in [0.15, 0.2) is 12.2 Å². The number of ether oxygens (including phenoxy) is 4. The zero-order valence-corrected chi connectivity index (χ0v) is 64.3. The molecular weight excluding hydrogens is 1260 g/mol. The average Bonchev–Trinajstić information content (AvgIpc) is 1.37. The molecule has 0 saturated carbocycles. The highest BCUT2D eigenvalue weighted by Crippen LogP contribution is 2.45. The van der Waals surface area contributed by atoms with E-state index in [1.807, 2.05) is 0 Å². The van der Waals surface area contributed by atoms with Crippen molar-refractivity contribution in [3.63, 3.8) is 0 Å². The predicted octanol–water partition coefficient (Wildman–Crippen LogP) is 22.9. The Morgan fingerprint density at radius 2 is 0.479 bits per heavy atom. The third-order valence-electron chi connectivity index (χ3n) is 18.0. The predicted molar refractivity (Wildman–Crippen MR) is 391 cm³/mol.